The molecule has 0 aromatic heterocycles. The molecule has 20 heavy (non-hydrogen) atoms. The van der Waals surface area contributed by atoms with E-state index < -0.39 is 17.7 Å². The zero-order chi connectivity index (χ0) is 15.1. The summed E-state index contributed by atoms with van der Waals surface area (Å²) in [6.45, 7) is 5.36. The van der Waals surface area contributed by atoms with Gasteiger partial charge in [-0.3, -0.25) is 9.59 Å². The van der Waals surface area contributed by atoms with E-state index in [4.69, 9.17) is 16.3 Å². The molecule has 0 unspecified atom stereocenters. The van der Waals surface area contributed by atoms with E-state index in [0.29, 0.717) is 0 Å². The van der Waals surface area contributed by atoms with Crippen LogP contribution < -0.4 is 0 Å². The first-order chi connectivity index (χ1) is 9.49. The molecule has 0 N–H and O–H groups in total. The summed E-state index contributed by atoms with van der Waals surface area (Å²) in [6, 6.07) is 3.72. The van der Waals surface area contributed by atoms with E-state index in [-0.39, 0.29) is 30.3 Å². The van der Waals surface area contributed by atoms with Crippen LogP contribution in [0.25, 0.3) is 0 Å². The molecular weight excluding hydrogens is 285 g/mol. The van der Waals surface area contributed by atoms with Crippen molar-refractivity contribution >= 4 is 23.5 Å². The molecule has 0 aliphatic rings. The lowest BCUT2D eigenvalue weighted by molar-refractivity contribution is -0.143. The van der Waals surface area contributed by atoms with E-state index >= 15 is 0 Å². The smallest absolute Gasteiger partial charge is 0.325 e. The Bertz CT molecular complexity index is 519. The van der Waals surface area contributed by atoms with Crippen molar-refractivity contribution in [3.05, 3.63) is 47.3 Å². The van der Waals surface area contributed by atoms with E-state index in [2.05, 4.69) is 6.58 Å². The minimum Gasteiger partial charge on any atom is -0.465 e. The van der Waals surface area contributed by atoms with Gasteiger partial charge in [-0.1, -0.05) is 17.7 Å². The van der Waals surface area contributed by atoms with Crippen LogP contribution in [0.5, 0.6) is 0 Å². The first-order valence-electron chi connectivity index (χ1n) is 6.00. The molecule has 1 rings (SSSR count). The Morgan fingerprint density at radius 3 is 2.75 bits per heavy atom. The molecule has 0 fully saturated rings. The first-order valence-corrected chi connectivity index (χ1v) is 6.38. The summed E-state index contributed by atoms with van der Waals surface area (Å²) < 4.78 is 18.1. The topological polar surface area (TPSA) is 46.6 Å². The van der Waals surface area contributed by atoms with Crippen molar-refractivity contribution in [3.63, 3.8) is 0 Å². The van der Waals surface area contributed by atoms with Gasteiger partial charge in [-0.05, 0) is 25.1 Å². The Kier molecular flexibility index (Phi) is 6.18. The molecule has 0 atom stereocenters. The van der Waals surface area contributed by atoms with Crippen LogP contribution in [0, 0.1) is 5.82 Å². The van der Waals surface area contributed by atoms with Crippen molar-refractivity contribution in [1.29, 1.82) is 0 Å². The summed E-state index contributed by atoms with van der Waals surface area (Å²) in [4.78, 5) is 24.9. The van der Waals surface area contributed by atoms with E-state index in [1.807, 2.05) is 0 Å². The Hall–Kier alpha value is -1.88. The number of esters is 1. The largest absolute Gasteiger partial charge is 0.465 e. The Morgan fingerprint density at radius 2 is 2.20 bits per heavy atom. The summed E-state index contributed by atoms with van der Waals surface area (Å²) in [7, 11) is 0. The minimum absolute atomic E-state index is 0.0674. The number of hydrogen-bond donors (Lipinski definition) is 0. The van der Waals surface area contributed by atoms with Crippen LogP contribution in [0.2, 0.25) is 5.02 Å². The highest BCUT2D eigenvalue weighted by atomic mass is 35.5. The number of nitrogens with zero attached hydrogens (tertiary/aromatic N) is 1. The van der Waals surface area contributed by atoms with Gasteiger partial charge in [-0.15, -0.1) is 6.58 Å². The Morgan fingerprint density at radius 1 is 1.50 bits per heavy atom. The average Bonchev–Trinajstić information content (AvgIpc) is 2.41. The number of ether oxygens (including phenoxy) is 1. The molecule has 0 aliphatic carbocycles. The third kappa shape index (κ3) is 4.35. The molecule has 4 nitrogen and oxygen atoms in total. The summed E-state index contributed by atoms with van der Waals surface area (Å²) in [6.07, 6.45) is 1.48. The minimum atomic E-state index is -0.688. The van der Waals surface area contributed by atoms with Gasteiger partial charge in [0.25, 0.3) is 5.91 Å². The maximum Gasteiger partial charge on any atom is 0.325 e. The molecular formula is C14H15ClFNO3. The molecule has 6 heteroatoms. The molecule has 0 bridgehead atoms. The van der Waals surface area contributed by atoms with E-state index in [1.54, 1.807) is 6.92 Å². The third-order valence-electron chi connectivity index (χ3n) is 2.43. The van der Waals surface area contributed by atoms with Gasteiger partial charge in [-0.25, -0.2) is 4.39 Å². The van der Waals surface area contributed by atoms with Crippen molar-refractivity contribution < 1.29 is 18.7 Å². The van der Waals surface area contributed by atoms with E-state index in [9.17, 15) is 14.0 Å². The monoisotopic (exact) mass is 299 g/mol. The summed E-state index contributed by atoms with van der Waals surface area (Å²) >= 11 is 5.56. The van der Waals surface area contributed by atoms with Crippen molar-refractivity contribution in [2.45, 2.75) is 6.92 Å². The number of rotatable bonds is 6. The second-order valence-corrected chi connectivity index (χ2v) is 4.32. The van der Waals surface area contributed by atoms with Gasteiger partial charge in [0.15, 0.2) is 0 Å². The van der Waals surface area contributed by atoms with Crippen LogP contribution in [0.1, 0.15) is 17.3 Å². The molecule has 0 heterocycles. The lowest BCUT2D eigenvalue weighted by Crippen LogP contribution is -2.36. The van der Waals surface area contributed by atoms with Crippen LogP contribution in [0.3, 0.4) is 0 Å². The van der Waals surface area contributed by atoms with E-state index in [1.165, 1.54) is 23.1 Å². The number of hydrogen-bond acceptors (Lipinski definition) is 3. The van der Waals surface area contributed by atoms with Gasteiger partial charge in [0, 0.05) is 12.1 Å². The van der Waals surface area contributed by atoms with Gasteiger partial charge in [-0.2, -0.15) is 0 Å². The quantitative estimate of drug-likeness (QED) is 0.599. The fourth-order valence-electron chi connectivity index (χ4n) is 1.55. The van der Waals surface area contributed by atoms with E-state index in [0.717, 1.165) is 6.07 Å². The zero-order valence-corrected chi connectivity index (χ0v) is 11.8. The lowest BCUT2D eigenvalue weighted by Gasteiger charge is -2.20. The molecule has 0 radical (unpaired) electrons. The summed E-state index contributed by atoms with van der Waals surface area (Å²) in [5, 5.41) is -0.0674. The van der Waals surface area contributed by atoms with Crippen LogP contribution in [-0.4, -0.2) is 36.5 Å². The van der Waals surface area contributed by atoms with Crippen LogP contribution >= 0.6 is 11.6 Å². The maximum absolute atomic E-state index is 13.4. The highest BCUT2D eigenvalue weighted by Gasteiger charge is 2.19. The third-order valence-corrected chi connectivity index (χ3v) is 2.74. The second kappa shape index (κ2) is 7.65. The predicted molar refractivity (Wildman–Crippen MR) is 74.1 cm³/mol. The highest BCUT2D eigenvalue weighted by Crippen LogP contribution is 2.16. The molecule has 108 valence electrons. The van der Waals surface area contributed by atoms with Crippen molar-refractivity contribution in [3.8, 4) is 0 Å². The average molecular weight is 300 g/mol. The molecule has 1 aromatic carbocycles. The van der Waals surface area contributed by atoms with Crippen molar-refractivity contribution in [2.24, 2.45) is 0 Å². The maximum atomic E-state index is 13.4. The first kappa shape index (κ1) is 16.2. The Balaban J connectivity index is 2.89. The highest BCUT2D eigenvalue weighted by molar-refractivity contribution is 6.30. The number of benzene rings is 1. The number of halogens is 2. The fraction of sp³-hybridized carbons (Fsp3) is 0.286. The SMILES string of the molecule is C=CCN(CC(=O)OCC)C(=O)c1ccc(Cl)c(F)c1. The second-order valence-electron chi connectivity index (χ2n) is 3.91. The van der Waals surface area contributed by atoms with Crippen LogP contribution in [0.4, 0.5) is 4.39 Å². The van der Waals surface area contributed by atoms with Crippen LogP contribution in [0.15, 0.2) is 30.9 Å². The Labute approximate surface area is 121 Å². The molecule has 0 saturated heterocycles. The standard InChI is InChI=1S/C14H15ClFNO3/c1-3-7-17(9-13(18)20-4-2)14(19)10-5-6-11(15)12(16)8-10/h3,5-6,8H,1,4,7,9H2,2H3. The van der Waals surface area contributed by atoms with Crippen molar-refractivity contribution in [1.82, 2.24) is 4.90 Å². The van der Waals surface area contributed by atoms with Gasteiger partial charge >= 0.3 is 5.97 Å². The normalized spacial score (nSPS) is 9.95. The van der Waals surface area contributed by atoms with Crippen molar-refractivity contribution in [2.75, 3.05) is 19.7 Å². The van der Waals surface area contributed by atoms with Gasteiger partial charge in [0.05, 0.1) is 11.6 Å². The molecule has 1 aromatic rings. The van der Waals surface area contributed by atoms with Crippen LogP contribution in [-0.2, 0) is 9.53 Å². The summed E-state index contributed by atoms with van der Waals surface area (Å²) in [5.41, 5.74) is 0.109. The predicted octanol–water partition coefficient (Wildman–Crippen LogP) is 2.67. The van der Waals surface area contributed by atoms with Gasteiger partial charge in [0.2, 0.25) is 0 Å². The zero-order valence-electron chi connectivity index (χ0n) is 11.1. The number of amides is 1. The fourth-order valence-corrected chi connectivity index (χ4v) is 1.67. The molecule has 0 aliphatic heterocycles. The number of carbonyl (C=O) groups is 2. The molecule has 0 spiro atoms. The van der Waals surface area contributed by atoms with Gasteiger partial charge in [0.1, 0.15) is 12.4 Å². The number of carbonyl (C=O) groups excluding carboxylic acids is 2. The molecule has 1 amide bonds. The van der Waals surface area contributed by atoms with Gasteiger partial charge < -0.3 is 9.64 Å². The summed E-state index contributed by atoms with van der Waals surface area (Å²) in [5.74, 6) is -1.71. The lowest BCUT2D eigenvalue weighted by atomic mass is 10.2. The molecule has 0 saturated carbocycles.